The summed E-state index contributed by atoms with van der Waals surface area (Å²) < 4.78 is 9.93. The molecule has 0 radical (unpaired) electrons. The Balaban J connectivity index is 1.49. The lowest BCUT2D eigenvalue weighted by atomic mass is 9.78. The van der Waals surface area contributed by atoms with E-state index >= 15 is 0 Å². The van der Waals surface area contributed by atoms with Crippen LogP contribution in [-0.2, 0) is 14.3 Å². The first kappa shape index (κ1) is 18.2. The van der Waals surface area contributed by atoms with Gasteiger partial charge in [0.05, 0.1) is 6.07 Å². The standard InChI is InChI=1S/C18H22N2O6/c21-16(19-11-3-5-13-4-1-2-6-15(13)19)12-25-18(22)10-8-14-7-9-17(26-14)20(23)24/h7-10,13,15H,1-6,11-12H2/b10-8+/t13-,15-/m1/s1. The van der Waals surface area contributed by atoms with Gasteiger partial charge in [-0.2, -0.15) is 0 Å². The van der Waals surface area contributed by atoms with Crippen LogP contribution in [0.5, 0.6) is 0 Å². The van der Waals surface area contributed by atoms with E-state index in [1.54, 1.807) is 0 Å². The number of piperidine rings is 1. The van der Waals surface area contributed by atoms with Gasteiger partial charge in [0, 0.05) is 18.7 Å². The molecule has 0 bridgehead atoms. The van der Waals surface area contributed by atoms with Crippen LogP contribution in [0.4, 0.5) is 5.88 Å². The van der Waals surface area contributed by atoms with Crippen LogP contribution >= 0.6 is 0 Å². The van der Waals surface area contributed by atoms with Crippen molar-refractivity contribution in [1.29, 1.82) is 0 Å². The summed E-state index contributed by atoms with van der Waals surface area (Å²) in [5, 5.41) is 10.5. The van der Waals surface area contributed by atoms with Crippen LogP contribution in [0.15, 0.2) is 22.6 Å². The summed E-state index contributed by atoms with van der Waals surface area (Å²) in [4.78, 5) is 36.0. The maximum absolute atomic E-state index is 12.4. The Morgan fingerprint density at radius 1 is 1.27 bits per heavy atom. The molecule has 8 heteroatoms. The Morgan fingerprint density at radius 3 is 2.81 bits per heavy atom. The molecule has 1 saturated carbocycles. The predicted molar refractivity (Wildman–Crippen MR) is 92.0 cm³/mol. The number of hydrogen-bond acceptors (Lipinski definition) is 6. The van der Waals surface area contributed by atoms with E-state index in [0.717, 1.165) is 31.9 Å². The Morgan fingerprint density at radius 2 is 2.04 bits per heavy atom. The van der Waals surface area contributed by atoms with Crippen LogP contribution in [0.3, 0.4) is 0 Å². The molecule has 0 aromatic carbocycles. The van der Waals surface area contributed by atoms with Gasteiger partial charge < -0.3 is 14.1 Å². The first-order valence-corrected chi connectivity index (χ1v) is 8.93. The van der Waals surface area contributed by atoms with Crippen molar-refractivity contribution in [2.75, 3.05) is 13.2 Å². The van der Waals surface area contributed by atoms with E-state index in [1.165, 1.54) is 37.5 Å². The summed E-state index contributed by atoms with van der Waals surface area (Å²) in [7, 11) is 0. The van der Waals surface area contributed by atoms with Gasteiger partial charge in [0.2, 0.25) is 0 Å². The Kier molecular flexibility index (Phi) is 5.70. The maximum atomic E-state index is 12.4. The third-order valence-electron chi connectivity index (χ3n) is 5.08. The van der Waals surface area contributed by atoms with Crippen molar-refractivity contribution in [3.8, 4) is 0 Å². The lowest BCUT2D eigenvalue weighted by Crippen LogP contribution is -2.50. The average molecular weight is 362 g/mol. The molecular weight excluding hydrogens is 340 g/mol. The number of carbonyl (C=O) groups excluding carboxylic acids is 2. The Labute approximate surface area is 150 Å². The number of ether oxygens (including phenoxy) is 1. The average Bonchev–Trinajstić information content (AvgIpc) is 3.13. The number of nitrogens with zero attached hydrogens (tertiary/aromatic N) is 2. The highest BCUT2D eigenvalue weighted by Crippen LogP contribution is 2.35. The normalized spacial score (nSPS) is 22.8. The zero-order chi connectivity index (χ0) is 18.5. The number of fused-ring (bicyclic) bond motifs is 1. The molecule has 1 amide bonds. The number of carbonyl (C=O) groups is 2. The van der Waals surface area contributed by atoms with Gasteiger partial charge in [0.15, 0.2) is 6.61 Å². The lowest BCUT2D eigenvalue weighted by molar-refractivity contribution is -0.402. The number of rotatable bonds is 5. The summed E-state index contributed by atoms with van der Waals surface area (Å²) in [5.41, 5.74) is 0. The Bertz CT molecular complexity index is 708. The first-order valence-electron chi connectivity index (χ1n) is 8.93. The van der Waals surface area contributed by atoms with Crippen LogP contribution in [-0.4, -0.2) is 40.9 Å². The van der Waals surface area contributed by atoms with Crippen LogP contribution in [0, 0.1) is 16.0 Å². The molecule has 2 fully saturated rings. The van der Waals surface area contributed by atoms with Crippen molar-refractivity contribution in [3.05, 3.63) is 34.1 Å². The minimum atomic E-state index is -0.686. The second-order valence-electron chi connectivity index (χ2n) is 6.72. The summed E-state index contributed by atoms with van der Waals surface area (Å²) in [6, 6.07) is 2.86. The van der Waals surface area contributed by atoms with E-state index in [2.05, 4.69) is 0 Å². The van der Waals surface area contributed by atoms with Crippen molar-refractivity contribution in [2.45, 2.75) is 44.6 Å². The molecule has 1 aliphatic heterocycles. The molecule has 8 nitrogen and oxygen atoms in total. The number of nitro groups is 1. The number of hydrogen-bond donors (Lipinski definition) is 0. The Hall–Kier alpha value is -2.64. The predicted octanol–water partition coefficient (Wildman–Crippen LogP) is 2.93. The van der Waals surface area contributed by atoms with Crippen LogP contribution < -0.4 is 0 Å². The number of likely N-dealkylation sites (tertiary alicyclic amines) is 1. The monoisotopic (exact) mass is 362 g/mol. The largest absolute Gasteiger partial charge is 0.452 e. The van der Waals surface area contributed by atoms with Crippen LogP contribution in [0.25, 0.3) is 6.08 Å². The fourth-order valence-electron chi connectivity index (χ4n) is 3.88. The molecule has 0 spiro atoms. The highest BCUT2D eigenvalue weighted by atomic mass is 16.6. The highest BCUT2D eigenvalue weighted by Gasteiger charge is 2.35. The van der Waals surface area contributed by atoms with E-state index in [0.29, 0.717) is 5.92 Å². The third-order valence-corrected chi connectivity index (χ3v) is 5.08. The molecule has 1 saturated heterocycles. The van der Waals surface area contributed by atoms with Crippen molar-refractivity contribution >= 4 is 23.8 Å². The summed E-state index contributed by atoms with van der Waals surface area (Å²) >= 11 is 0. The van der Waals surface area contributed by atoms with E-state index in [1.807, 2.05) is 4.90 Å². The van der Waals surface area contributed by atoms with Gasteiger partial charge in [0.25, 0.3) is 5.91 Å². The molecule has 3 rings (SSSR count). The fraction of sp³-hybridized carbons (Fsp3) is 0.556. The van der Waals surface area contributed by atoms with E-state index in [-0.39, 0.29) is 24.3 Å². The molecule has 140 valence electrons. The molecule has 0 N–H and O–H groups in total. The minimum absolute atomic E-state index is 0.156. The second-order valence-corrected chi connectivity index (χ2v) is 6.72. The molecule has 1 aromatic heterocycles. The van der Waals surface area contributed by atoms with Crippen LogP contribution in [0.1, 0.15) is 44.3 Å². The van der Waals surface area contributed by atoms with Gasteiger partial charge in [0.1, 0.15) is 10.7 Å². The topological polar surface area (TPSA) is 103 Å². The summed E-state index contributed by atoms with van der Waals surface area (Å²) in [6.45, 7) is 0.439. The number of furan rings is 1. The van der Waals surface area contributed by atoms with Gasteiger partial charge >= 0.3 is 11.9 Å². The molecule has 2 aliphatic rings. The fourth-order valence-corrected chi connectivity index (χ4v) is 3.88. The number of amides is 1. The quantitative estimate of drug-likeness (QED) is 0.345. The van der Waals surface area contributed by atoms with E-state index in [9.17, 15) is 19.7 Å². The molecule has 0 unspecified atom stereocenters. The molecular formula is C18H22N2O6. The van der Waals surface area contributed by atoms with Gasteiger partial charge in [-0.05, 0) is 43.7 Å². The molecule has 1 aliphatic carbocycles. The molecule has 1 aromatic rings. The third kappa shape index (κ3) is 4.30. The van der Waals surface area contributed by atoms with Gasteiger partial charge in [-0.3, -0.25) is 14.9 Å². The SMILES string of the molecule is O=C(/C=C/c1ccc([N+](=O)[O-])o1)OCC(=O)N1CCC[C@H]2CCCC[C@H]21. The van der Waals surface area contributed by atoms with Crippen molar-refractivity contribution in [3.63, 3.8) is 0 Å². The van der Waals surface area contributed by atoms with E-state index in [4.69, 9.17) is 9.15 Å². The van der Waals surface area contributed by atoms with Crippen LogP contribution in [0.2, 0.25) is 0 Å². The minimum Gasteiger partial charge on any atom is -0.452 e. The van der Waals surface area contributed by atoms with Gasteiger partial charge in [-0.25, -0.2) is 4.79 Å². The second kappa shape index (κ2) is 8.16. The zero-order valence-corrected chi connectivity index (χ0v) is 14.5. The number of esters is 1. The first-order chi connectivity index (χ1) is 12.5. The summed E-state index contributed by atoms with van der Waals surface area (Å²) in [6.07, 6.45) is 9.11. The van der Waals surface area contributed by atoms with E-state index < -0.39 is 16.8 Å². The highest BCUT2D eigenvalue weighted by molar-refractivity contribution is 5.89. The van der Waals surface area contributed by atoms with Crippen molar-refractivity contribution in [2.24, 2.45) is 5.92 Å². The lowest BCUT2D eigenvalue weighted by Gasteiger charge is -2.44. The molecule has 26 heavy (non-hydrogen) atoms. The smallest absolute Gasteiger partial charge is 0.433 e. The van der Waals surface area contributed by atoms with Gasteiger partial charge in [-0.15, -0.1) is 0 Å². The zero-order valence-electron chi connectivity index (χ0n) is 14.5. The maximum Gasteiger partial charge on any atom is 0.433 e. The van der Waals surface area contributed by atoms with Gasteiger partial charge in [-0.1, -0.05) is 12.8 Å². The molecule has 2 atom stereocenters. The summed E-state index contributed by atoms with van der Waals surface area (Å²) in [5.74, 6) is -0.500. The van der Waals surface area contributed by atoms with Crippen molar-refractivity contribution < 1.29 is 23.7 Å². The molecule has 2 heterocycles. The van der Waals surface area contributed by atoms with Crippen molar-refractivity contribution in [1.82, 2.24) is 4.90 Å².